The van der Waals surface area contributed by atoms with Crippen molar-refractivity contribution in [3.63, 3.8) is 0 Å². The van der Waals surface area contributed by atoms with Gasteiger partial charge in [-0.05, 0) is 25.1 Å². The largest absolute Gasteiger partial charge is 0.494 e. The zero-order valence-electron chi connectivity index (χ0n) is 17.9. The Hall–Kier alpha value is -3.75. The molecule has 0 aliphatic carbocycles. The zero-order chi connectivity index (χ0) is 22.4. The fourth-order valence-corrected chi connectivity index (χ4v) is 3.27. The van der Waals surface area contributed by atoms with Gasteiger partial charge in [-0.1, -0.05) is 18.2 Å². The Labute approximate surface area is 180 Å². The number of nitrogens with zero attached hydrogens (tertiary/aromatic N) is 1. The minimum Gasteiger partial charge on any atom is -0.494 e. The van der Waals surface area contributed by atoms with Crippen molar-refractivity contribution in [2.45, 2.75) is 19.4 Å². The van der Waals surface area contributed by atoms with Crippen molar-refractivity contribution < 1.29 is 28.5 Å². The molecule has 1 atom stereocenters. The molecule has 2 N–H and O–H groups in total. The minimum absolute atomic E-state index is 0.0614. The highest BCUT2D eigenvalue weighted by molar-refractivity contribution is 6.11. The van der Waals surface area contributed by atoms with Gasteiger partial charge in [0.15, 0.2) is 11.5 Å². The first kappa shape index (κ1) is 21.9. The molecule has 1 aliphatic heterocycles. The number of amides is 2. The summed E-state index contributed by atoms with van der Waals surface area (Å²) in [5.74, 6) is 1.02. The fourth-order valence-electron chi connectivity index (χ4n) is 3.27. The zero-order valence-corrected chi connectivity index (χ0v) is 17.9. The second kappa shape index (κ2) is 9.84. The van der Waals surface area contributed by atoms with Crippen LogP contribution >= 0.6 is 0 Å². The standard InChI is InChI=1S/C22H25N3O6/c1-5-31-16-9-7-6-8-14(16)15-12-19(26)24-22(23-15)25-21(27)13-10-17(28-2)20(30-4)18(11-13)29-3/h6-11,15H,5,12H2,1-4H3,(H2,23,24,25,26,27). The molecule has 2 aromatic carbocycles. The number of hydrogen-bond acceptors (Lipinski definition) is 7. The number of methoxy groups -OCH3 is 3. The van der Waals surface area contributed by atoms with Crippen molar-refractivity contribution in [2.75, 3.05) is 27.9 Å². The normalized spacial score (nSPS) is 15.4. The molecule has 3 rings (SSSR count). The third kappa shape index (κ3) is 4.88. The predicted molar refractivity (Wildman–Crippen MR) is 114 cm³/mol. The molecule has 0 radical (unpaired) electrons. The molecule has 164 valence electrons. The topological polar surface area (TPSA) is 107 Å². The molecule has 1 unspecified atom stereocenters. The second-order valence-corrected chi connectivity index (χ2v) is 6.58. The summed E-state index contributed by atoms with van der Waals surface area (Å²) in [5.41, 5.74) is 1.03. The van der Waals surface area contributed by atoms with Crippen LogP contribution in [0.5, 0.6) is 23.0 Å². The number of rotatable bonds is 7. The first-order valence-corrected chi connectivity index (χ1v) is 9.71. The molecule has 31 heavy (non-hydrogen) atoms. The van der Waals surface area contributed by atoms with Crippen LogP contribution in [0.1, 0.15) is 35.3 Å². The quantitative estimate of drug-likeness (QED) is 0.703. The average Bonchev–Trinajstić information content (AvgIpc) is 2.78. The second-order valence-electron chi connectivity index (χ2n) is 6.58. The van der Waals surface area contributed by atoms with Gasteiger partial charge in [0.05, 0.1) is 40.4 Å². The van der Waals surface area contributed by atoms with E-state index in [0.29, 0.717) is 29.6 Å². The molecule has 0 saturated heterocycles. The van der Waals surface area contributed by atoms with E-state index in [1.165, 1.54) is 33.5 Å². The Morgan fingerprint density at radius 1 is 1.10 bits per heavy atom. The lowest BCUT2D eigenvalue weighted by Gasteiger charge is -2.23. The van der Waals surface area contributed by atoms with Crippen LogP contribution in [-0.2, 0) is 4.79 Å². The maximum absolute atomic E-state index is 12.8. The van der Waals surface area contributed by atoms with Crippen LogP contribution < -0.4 is 29.6 Å². The summed E-state index contributed by atoms with van der Waals surface area (Å²) in [6, 6.07) is 9.95. The van der Waals surface area contributed by atoms with Crippen LogP contribution in [0.4, 0.5) is 0 Å². The number of hydrogen-bond donors (Lipinski definition) is 2. The van der Waals surface area contributed by atoms with E-state index in [4.69, 9.17) is 18.9 Å². The molecular weight excluding hydrogens is 402 g/mol. The summed E-state index contributed by atoms with van der Waals surface area (Å²) in [5, 5.41) is 5.24. The Bertz CT molecular complexity index is 979. The molecule has 0 aromatic heterocycles. The van der Waals surface area contributed by atoms with Gasteiger partial charge in [-0.3, -0.25) is 20.2 Å². The highest BCUT2D eigenvalue weighted by Gasteiger charge is 2.26. The van der Waals surface area contributed by atoms with Crippen LogP contribution in [0.3, 0.4) is 0 Å². The molecule has 9 heteroatoms. The molecule has 1 aliphatic rings. The molecule has 2 aromatic rings. The first-order chi connectivity index (χ1) is 15.0. The summed E-state index contributed by atoms with van der Waals surface area (Å²) < 4.78 is 21.5. The lowest BCUT2D eigenvalue weighted by molar-refractivity contribution is -0.120. The van der Waals surface area contributed by atoms with Crippen molar-refractivity contribution >= 4 is 17.8 Å². The third-order valence-electron chi connectivity index (χ3n) is 4.66. The van der Waals surface area contributed by atoms with E-state index in [2.05, 4.69) is 15.6 Å². The number of carbonyl (C=O) groups excluding carboxylic acids is 2. The third-order valence-corrected chi connectivity index (χ3v) is 4.66. The maximum Gasteiger partial charge on any atom is 0.258 e. The number of nitrogens with one attached hydrogen (secondary N) is 2. The van der Waals surface area contributed by atoms with Crippen molar-refractivity contribution in [3.8, 4) is 23.0 Å². The van der Waals surface area contributed by atoms with Crippen molar-refractivity contribution in [2.24, 2.45) is 4.99 Å². The van der Waals surface area contributed by atoms with Crippen LogP contribution in [0, 0.1) is 0 Å². The van der Waals surface area contributed by atoms with E-state index in [0.717, 1.165) is 5.56 Å². The van der Waals surface area contributed by atoms with Crippen molar-refractivity contribution in [3.05, 3.63) is 47.5 Å². The molecule has 1 heterocycles. The van der Waals surface area contributed by atoms with E-state index < -0.39 is 11.9 Å². The smallest absolute Gasteiger partial charge is 0.258 e. The maximum atomic E-state index is 12.8. The molecule has 0 fully saturated rings. The first-order valence-electron chi connectivity index (χ1n) is 9.71. The number of aliphatic imine (C=N–C) groups is 1. The molecular formula is C22H25N3O6. The summed E-state index contributed by atoms with van der Waals surface area (Å²) in [7, 11) is 4.41. The number of guanidine groups is 1. The highest BCUT2D eigenvalue weighted by Crippen LogP contribution is 2.38. The lowest BCUT2D eigenvalue weighted by Crippen LogP contribution is -2.47. The van der Waals surface area contributed by atoms with E-state index in [1.54, 1.807) is 0 Å². The number of carbonyl (C=O) groups is 2. The minimum atomic E-state index is -0.489. The van der Waals surface area contributed by atoms with Gasteiger partial charge in [-0.25, -0.2) is 4.99 Å². The summed E-state index contributed by atoms with van der Waals surface area (Å²) in [6.07, 6.45) is 0.146. The van der Waals surface area contributed by atoms with Crippen LogP contribution in [0.25, 0.3) is 0 Å². The Kier molecular flexibility index (Phi) is 6.96. The summed E-state index contributed by atoms with van der Waals surface area (Å²) >= 11 is 0. The Morgan fingerprint density at radius 3 is 2.39 bits per heavy atom. The van der Waals surface area contributed by atoms with Gasteiger partial charge < -0.3 is 18.9 Å². The lowest BCUT2D eigenvalue weighted by atomic mass is 10.0. The van der Waals surface area contributed by atoms with E-state index >= 15 is 0 Å². The molecule has 9 nitrogen and oxygen atoms in total. The van der Waals surface area contributed by atoms with Gasteiger partial charge in [0, 0.05) is 11.1 Å². The fraction of sp³-hybridized carbons (Fsp3) is 0.318. The van der Waals surface area contributed by atoms with Gasteiger partial charge in [-0.15, -0.1) is 0 Å². The summed E-state index contributed by atoms with van der Waals surface area (Å²) in [6.45, 7) is 2.38. The van der Waals surface area contributed by atoms with Gasteiger partial charge in [0.25, 0.3) is 5.91 Å². The van der Waals surface area contributed by atoms with Crippen molar-refractivity contribution in [1.29, 1.82) is 0 Å². The highest BCUT2D eigenvalue weighted by atomic mass is 16.5. The molecule has 0 spiro atoms. The number of benzene rings is 2. The van der Waals surface area contributed by atoms with Crippen LogP contribution in [-0.4, -0.2) is 45.7 Å². The SMILES string of the molecule is CCOc1ccccc1C1CC(=O)NC(NC(=O)c2cc(OC)c(OC)c(OC)c2)=N1. The van der Waals surface area contributed by atoms with Gasteiger partial charge >= 0.3 is 0 Å². The Morgan fingerprint density at radius 2 is 1.77 bits per heavy atom. The summed E-state index contributed by atoms with van der Waals surface area (Å²) in [4.78, 5) is 29.7. The van der Waals surface area contributed by atoms with Gasteiger partial charge in [0.1, 0.15) is 5.75 Å². The van der Waals surface area contributed by atoms with Gasteiger partial charge in [0.2, 0.25) is 17.6 Å². The van der Waals surface area contributed by atoms with Crippen LogP contribution in [0.2, 0.25) is 0 Å². The Balaban J connectivity index is 1.88. The number of para-hydroxylation sites is 1. The monoisotopic (exact) mass is 427 g/mol. The molecule has 0 saturated carbocycles. The van der Waals surface area contributed by atoms with Crippen molar-refractivity contribution in [1.82, 2.24) is 10.6 Å². The van der Waals surface area contributed by atoms with Gasteiger partial charge in [-0.2, -0.15) is 0 Å². The predicted octanol–water partition coefficient (Wildman–Crippen LogP) is 2.46. The van der Waals surface area contributed by atoms with E-state index in [-0.39, 0.29) is 23.9 Å². The van der Waals surface area contributed by atoms with E-state index in [9.17, 15) is 9.59 Å². The van der Waals surface area contributed by atoms with Crippen LogP contribution in [0.15, 0.2) is 41.4 Å². The molecule has 2 amide bonds. The average molecular weight is 427 g/mol. The van der Waals surface area contributed by atoms with E-state index in [1.807, 2.05) is 31.2 Å². The molecule has 0 bridgehead atoms. The number of ether oxygens (including phenoxy) is 4.